The second-order valence-electron chi connectivity index (χ2n) is 5.61. The molecule has 0 saturated heterocycles. The van der Waals surface area contributed by atoms with Crippen LogP contribution in [0.2, 0.25) is 0 Å². The van der Waals surface area contributed by atoms with Gasteiger partial charge in [-0.05, 0) is 18.9 Å². The molecule has 1 unspecified atom stereocenters. The van der Waals surface area contributed by atoms with E-state index in [1.165, 1.54) is 16.9 Å². The molecule has 21 heavy (non-hydrogen) atoms. The van der Waals surface area contributed by atoms with Crippen LogP contribution in [0.25, 0.3) is 22.1 Å². The van der Waals surface area contributed by atoms with Gasteiger partial charge in [0.25, 0.3) is 0 Å². The van der Waals surface area contributed by atoms with E-state index in [1.807, 2.05) is 18.7 Å². The lowest BCUT2D eigenvalue weighted by atomic mass is 9.96. The monoisotopic (exact) mass is 278 g/mol. The van der Waals surface area contributed by atoms with Crippen LogP contribution in [0.5, 0.6) is 0 Å². The number of H-pyrrole nitrogens is 2. The van der Waals surface area contributed by atoms with Crippen LogP contribution in [-0.2, 0) is 12.8 Å². The second-order valence-corrected chi connectivity index (χ2v) is 5.61. The molecule has 6 heteroatoms. The number of rotatable bonds is 1. The van der Waals surface area contributed by atoms with Crippen molar-refractivity contribution in [3.8, 4) is 0 Å². The van der Waals surface area contributed by atoms with Crippen molar-refractivity contribution in [2.45, 2.75) is 25.3 Å². The minimum absolute atomic E-state index is 0.420. The first-order valence-corrected chi connectivity index (χ1v) is 7.20. The molecular formula is C15H14N6. The van der Waals surface area contributed by atoms with E-state index in [0.29, 0.717) is 6.04 Å². The van der Waals surface area contributed by atoms with Crippen molar-refractivity contribution in [1.82, 2.24) is 29.5 Å². The van der Waals surface area contributed by atoms with Crippen molar-refractivity contribution < 1.29 is 0 Å². The van der Waals surface area contributed by atoms with Crippen LogP contribution >= 0.6 is 0 Å². The Balaban J connectivity index is 1.69. The number of aryl methyl sites for hydroxylation is 1. The summed E-state index contributed by atoms with van der Waals surface area (Å²) < 4.78 is 2.30. The molecule has 104 valence electrons. The van der Waals surface area contributed by atoms with Gasteiger partial charge in [-0.3, -0.25) is 0 Å². The maximum atomic E-state index is 4.53. The number of pyridine rings is 1. The minimum atomic E-state index is 0.420. The van der Waals surface area contributed by atoms with E-state index in [4.69, 9.17) is 0 Å². The molecule has 2 N–H and O–H groups in total. The molecule has 0 spiro atoms. The third kappa shape index (κ3) is 1.50. The number of imidazole rings is 2. The summed E-state index contributed by atoms with van der Waals surface area (Å²) in [7, 11) is 0. The average molecular weight is 278 g/mol. The molecule has 5 rings (SSSR count). The van der Waals surface area contributed by atoms with Crippen LogP contribution < -0.4 is 0 Å². The molecule has 4 aromatic heterocycles. The normalized spacial score (nSPS) is 18.4. The molecule has 0 aromatic carbocycles. The zero-order chi connectivity index (χ0) is 13.8. The van der Waals surface area contributed by atoms with Crippen LogP contribution in [-0.4, -0.2) is 29.5 Å². The Labute approximate surface area is 120 Å². The predicted octanol–water partition coefficient (Wildman–Crippen LogP) is 2.37. The lowest BCUT2D eigenvalue weighted by Gasteiger charge is -2.23. The van der Waals surface area contributed by atoms with Gasteiger partial charge in [0.1, 0.15) is 11.2 Å². The number of hydrogen-bond acceptors (Lipinski definition) is 3. The summed E-state index contributed by atoms with van der Waals surface area (Å²) in [5, 5.41) is 1.14. The third-order valence-electron chi connectivity index (χ3n) is 4.47. The van der Waals surface area contributed by atoms with Crippen molar-refractivity contribution in [2.24, 2.45) is 0 Å². The summed E-state index contributed by atoms with van der Waals surface area (Å²) in [6, 6.07) is 2.50. The van der Waals surface area contributed by atoms with Gasteiger partial charge < -0.3 is 14.5 Å². The lowest BCUT2D eigenvalue weighted by Crippen LogP contribution is -2.18. The molecular weight excluding hydrogens is 264 g/mol. The van der Waals surface area contributed by atoms with Crippen LogP contribution in [0, 0.1) is 0 Å². The molecule has 1 aliphatic rings. The van der Waals surface area contributed by atoms with Crippen molar-refractivity contribution >= 4 is 22.1 Å². The Morgan fingerprint density at radius 3 is 3.19 bits per heavy atom. The van der Waals surface area contributed by atoms with Crippen molar-refractivity contribution in [3.05, 3.63) is 42.5 Å². The smallest absolute Gasteiger partial charge is 0.139 e. The summed E-state index contributed by atoms with van der Waals surface area (Å²) in [6.07, 6.45) is 10.6. The molecule has 0 amide bonds. The fraction of sp³-hybridized carbons (Fsp3) is 0.267. The summed E-state index contributed by atoms with van der Waals surface area (Å²) >= 11 is 0. The standard InChI is InChI=1S/C15H14N6/c1-2-11-12(19-7-18-11)5-9(1)21-8-20-13-6-17-15-10(14(13)21)3-4-16-15/h3-4,6-9H,1-2,5H2,(H,16,17)(H,18,19). The number of nitrogens with zero attached hydrogens (tertiary/aromatic N) is 4. The molecule has 0 bridgehead atoms. The SMILES string of the molecule is c1nc2c([nH]1)CC(n1cnc3cnc4[nH]ccc4c31)CC2. The Hall–Kier alpha value is -2.63. The van der Waals surface area contributed by atoms with E-state index < -0.39 is 0 Å². The third-order valence-corrected chi connectivity index (χ3v) is 4.47. The molecule has 0 saturated carbocycles. The molecule has 6 nitrogen and oxygen atoms in total. The minimum Gasteiger partial charge on any atom is -0.348 e. The quantitative estimate of drug-likeness (QED) is 0.561. The highest BCUT2D eigenvalue weighted by Gasteiger charge is 2.23. The van der Waals surface area contributed by atoms with Gasteiger partial charge in [0.2, 0.25) is 0 Å². The number of fused-ring (bicyclic) bond motifs is 4. The summed E-state index contributed by atoms with van der Waals surface area (Å²) in [5.74, 6) is 0. The highest BCUT2D eigenvalue weighted by atomic mass is 15.1. The van der Waals surface area contributed by atoms with Gasteiger partial charge in [0, 0.05) is 29.7 Å². The van der Waals surface area contributed by atoms with E-state index >= 15 is 0 Å². The summed E-state index contributed by atoms with van der Waals surface area (Å²) in [6.45, 7) is 0. The predicted molar refractivity (Wildman–Crippen MR) is 79.0 cm³/mol. The van der Waals surface area contributed by atoms with E-state index in [2.05, 4.69) is 35.6 Å². The van der Waals surface area contributed by atoms with Crippen molar-refractivity contribution in [3.63, 3.8) is 0 Å². The number of hydrogen-bond donors (Lipinski definition) is 2. The molecule has 1 aliphatic carbocycles. The summed E-state index contributed by atoms with van der Waals surface area (Å²) in [4.78, 5) is 19.8. The highest BCUT2D eigenvalue weighted by molar-refractivity contribution is 6.00. The molecule has 4 aromatic rings. The van der Waals surface area contributed by atoms with Gasteiger partial charge in [0.05, 0.1) is 30.1 Å². The fourth-order valence-corrected chi connectivity index (χ4v) is 3.43. The van der Waals surface area contributed by atoms with Crippen LogP contribution in [0.3, 0.4) is 0 Å². The Kier molecular flexibility index (Phi) is 2.08. The largest absolute Gasteiger partial charge is 0.348 e. The first kappa shape index (κ1) is 11.1. The topological polar surface area (TPSA) is 75.2 Å². The zero-order valence-corrected chi connectivity index (χ0v) is 11.4. The van der Waals surface area contributed by atoms with Gasteiger partial charge in [-0.1, -0.05) is 0 Å². The van der Waals surface area contributed by atoms with E-state index in [1.54, 1.807) is 6.33 Å². The molecule has 1 atom stereocenters. The number of nitrogens with one attached hydrogen (secondary N) is 2. The van der Waals surface area contributed by atoms with Crippen LogP contribution in [0.1, 0.15) is 23.9 Å². The Morgan fingerprint density at radius 2 is 2.19 bits per heavy atom. The first-order valence-electron chi connectivity index (χ1n) is 7.20. The molecule has 4 heterocycles. The van der Waals surface area contributed by atoms with Crippen LogP contribution in [0.4, 0.5) is 0 Å². The number of aromatic amines is 2. The lowest BCUT2D eigenvalue weighted by molar-refractivity contribution is 0.446. The Bertz CT molecular complexity index is 943. The second kappa shape index (κ2) is 3.94. The van der Waals surface area contributed by atoms with E-state index in [-0.39, 0.29) is 0 Å². The highest BCUT2D eigenvalue weighted by Crippen LogP contribution is 2.31. The van der Waals surface area contributed by atoms with E-state index in [0.717, 1.165) is 35.8 Å². The Morgan fingerprint density at radius 1 is 1.19 bits per heavy atom. The summed E-state index contributed by atoms with van der Waals surface area (Å²) in [5.41, 5.74) is 5.52. The van der Waals surface area contributed by atoms with E-state index in [9.17, 15) is 0 Å². The van der Waals surface area contributed by atoms with Gasteiger partial charge >= 0.3 is 0 Å². The maximum Gasteiger partial charge on any atom is 0.139 e. The van der Waals surface area contributed by atoms with Gasteiger partial charge in [0.15, 0.2) is 0 Å². The van der Waals surface area contributed by atoms with Gasteiger partial charge in [-0.2, -0.15) is 0 Å². The van der Waals surface area contributed by atoms with Gasteiger partial charge in [-0.15, -0.1) is 0 Å². The van der Waals surface area contributed by atoms with Crippen LogP contribution in [0.15, 0.2) is 31.1 Å². The van der Waals surface area contributed by atoms with Gasteiger partial charge in [-0.25, -0.2) is 15.0 Å². The van der Waals surface area contributed by atoms with Crippen molar-refractivity contribution in [1.29, 1.82) is 0 Å². The maximum absolute atomic E-state index is 4.53. The molecule has 0 fully saturated rings. The zero-order valence-electron chi connectivity index (χ0n) is 11.4. The fourth-order valence-electron chi connectivity index (χ4n) is 3.43. The molecule has 0 radical (unpaired) electrons. The van der Waals surface area contributed by atoms with Crippen molar-refractivity contribution in [2.75, 3.05) is 0 Å². The first-order chi connectivity index (χ1) is 10.4. The molecule has 0 aliphatic heterocycles. The average Bonchev–Trinajstić information content (AvgIpc) is 3.23. The number of aromatic nitrogens is 6.